The second-order valence-electron chi connectivity index (χ2n) is 5.45. The molecule has 0 unspecified atom stereocenters. The van der Waals surface area contributed by atoms with Crippen LogP contribution in [-0.2, 0) is 0 Å². The van der Waals surface area contributed by atoms with Crippen molar-refractivity contribution in [3.05, 3.63) is 48.0 Å². The first-order chi connectivity index (χ1) is 12.5. The van der Waals surface area contributed by atoms with Gasteiger partial charge in [-0.3, -0.25) is 9.20 Å². The van der Waals surface area contributed by atoms with E-state index in [0.717, 1.165) is 6.42 Å². The Labute approximate surface area is 145 Å². The Morgan fingerprint density at radius 3 is 3.00 bits per heavy atom. The smallest absolute Gasteiger partial charge is 0.273 e. The van der Waals surface area contributed by atoms with Gasteiger partial charge in [-0.05, 0) is 30.7 Å². The summed E-state index contributed by atoms with van der Waals surface area (Å²) in [5, 5.41) is 2.73. The molecule has 0 radical (unpaired) electrons. The monoisotopic (exact) mass is 343 g/mol. The molecule has 25 heavy (non-hydrogen) atoms. The van der Waals surface area contributed by atoms with Crippen molar-refractivity contribution in [2.24, 2.45) is 0 Å². The maximum atomic E-state index is 14.6. The van der Waals surface area contributed by atoms with Crippen LogP contribution in [0.1, 0.15) is 25.2 Å². The number of carbonyl (C=O) groups is 1. The number of nitrogens with zero attached hydrogens (tertiary/aromatic N) is 2. The standard InChI is InChI=1S/C18H19FN4O2/c1-3-9-21-18(24)15-16(20)23-10-5-6-11(17(23)22-15)14-12(19)7-4-8-13(14)25-2/h4-8,10H,3,9,20H2,1-2H3,(H,21,24)/i8D. The van der Waals surface area contributed by atoms with Crippen LogP contribution in [-0.4, -0.2) is 28.9 Å². The number of nitrogens with two attached hydrogens (primary N) is 1. The quantitative estimate of drug-likeness (QED) is 0.746. The third-order valence-corrected chi connectivity index (χ3v) is 3.82. The van der Waals surface area contributed by atoms with Crippen molar-refractivity contribution in [3.63, 3.8) is 0 Å². The van der Waals surface area contributed by atoms with Crippen LogP contribution in [0.3, 0.4) is 0 Å². The molecule has 1 aromatic carbocycles. The van der Waals surface area contributed by atoms with Gasteiger partial charge in [-0.15, -0.1) is 0 Å². The van der Waals surface area contributed by atoms with Gasteiger partial charge in [-0.25, -0.2) is 9.37 Å². The highest BCUT2D eigenvalue weighted by atomic mass is 19.1. The van der Waals surface area contributed by atoms with Crippen molar-refractivity contribution in [2.75, 3.05) is 19.4 Å². The number of hydrogen-bond donors (Lipinski definition) is 2. The normalized spacial score (nSPS) is 11.4. The Morgan fingerprint density at radius 1 is 1.48 bits per heavy atom. The van der Waals surface area contributed by atoms with Gasteiger partial charge in [0.1, 0.15) is 23.0 Å². The predicted octanol–water partition coefficient (Wildman–Crippen LogP) is 2.87. The molecule has 0 spiro atoms. The number of benzene rings is 1. The van der Waals surface area contributed by atoms with Crippen LogP contribution in [0.2, 0.25) is 0 Å². The molecular weight excluding hydrogens is 323 g/mol. The summed E-state index contributed by atoms with van der Waals surface area (Å²) in [5.74, 6) is -0.682. The zero-order chi connectivity index (χ0) is 18.8. The van der Waals surface area contributed by atoms with Gasteiger partial charge in [0.25, 0.3) is 5.91 Å². The molecule has 0 saturated carbocycles. The molecular formula is C18H19FN4O2. The summed E-state index contributed by atoms with van der Waals surface area (Å²) >= 11 is 0. The maximum Gasteiger partial charge on any atom is 0.273 e. The van der Waals surface area contributed by atoms with Crippen molar-refractivity contribution in [2.45, 2.75) is 13.3 Å². The number of hydrogen-bond acceptors (Lipinski definition) is 4. The minimum atomic E-state index is -0.551. The molecule has 3 rings (SSSR count). The van der Waals surface area contributed by atoms with E-state index in [-0.39, 0.29) is 34.8 Å². The topological polar surface area (TPSA) is 81.7 Å². The summed E-state index contributed by atoms with van der Waals surface area (Å²) in [6.07, 6.45) is 2.43. The van der Waals surface area contributed by atoms with Gasteiger partial charge >= 0.3 is 0 Å². The van der Waals surface area contributed by atoms with Crippen LogP contribution in [0.5, 0.6) is 5.75 Å². The third-order valence-electron chi connectivity index (χ3n) is 3.82. The summed E-state index contributed by atoms with van der Waals surface area (Å²) in [6.45, 7) is 2.44. The number of carbonyl (C=O) groups excluding carboxylic acids is 1. The van der Waals surface area contributed by atoms with Crippen LogP contribution in [0.25, 0.3) is 16.8 Å². The molecule has 0 saturated heterocycles. The average Bonchev–Trinajstić information content (AvgIpc) is 2.98. The SMILES string of the molecule is [2H]c1ccc(F)c(-c2cccn3c(N)c(C(=O)NCCC)nc23)c1OC. The highest BCUT2D eigenvalue weighted by Gasteiger charge is 2.21. The van der Waals surface area contributed by atoms with E-state index in [2.05, 4.69) is 10.3 Å². The molecule has 3 aromatic rings. The Hall–Kier alpha value is -3.09. The fraction of sp³-hybridized carbons (Fsp3) is 0.222. The van der Waals surface area contributed by atoms with Crippen LogP contribution < -0.4 is 15.8 Å². The second kappa shape index (κ2) is 6.80. The Bertz CT molecular complexity index is 987. The van der Waals surface area contributed by atoms with Gasteiger partial charge in [0.2, 0.25) is 0 Å². The molecule has 0 atom stereocenters. The van der Waals surface area contributed by atoms with Gasteiger partial charge in [0.15, 0.2) is 5.69 Å². The van der Waals surface area contributed by atoms with Crippen molar-refractivity contribution >= 4 is 17.4 Å². The van der Waals surface area contributed by atoms with Crippen LogP contribution in [0.15, 0.2) is 36.5 Å². The zero-order valence-corrected chi connectivity index (χ0v) is 14.0. The number of ether oxygens (including phenoxy) is 1. The lowest BCUT2D eigenvalue weighted by Gasteiger charge is -2.10. The predicted molar refractivity (Wildman–Crippen MR) is 94.2 cm³/mol. The van der Waals surface area contributed by atoms with E-state index < -0.39 is 5.82 Å². The van der Waals surface area contributed by atoms with E-state index in [4.69, 9.17) is 11.8 Å². The molecule has 130 valence electrons. The zero-order valence-electron chi connectivity index (χ0n) is 15.0. The van der Waals surface area contributed by atoms with E-state index in [1.165, 1.54) is 23.6 Å². The van der Waals surface area contributed by atoms with E-state index >= 15 is 0 Å². The highest BCUT2D eigenvalue weighted by Crippen LogP contribution is 2.35. The van der Waals surface area contributed by atoms with Crippen molar-refractivity contribution < 1.29 is 15.3 Å². The summed E-state index contributed by atoms with van der Waals surface area (Å²) in [6, 6.07) is 5.89. The number of amides is 1. The number of nitrogens with one attached hydrogen (secondary N) is 1. The van der Waals surface area contributed by atoms with Gasteiger partial charge in [-0.1, -0.05) is 13.0 Å². The van der Waals surface area contributed by atoms with E-state index in [1.807, 2.05) is 6.92 Å². The summed E-state index contributed by atoms with van der Waals surface area (Å²) in [5.41, 5.74) is 6.96. The average molecular weight is 343 g/mol. The second-order valence-corrected chi connectivity index (χ2v) is 5.45. The molecule has 0 aliphatic heterocycles. The lowest BCUT2D eigenvalue weighted by atomic mass is 10.1. The molecule has 2 aromatic heterocycles. The minimum Gasteiger partial charge on any atom is -0.496 e. The summed E-state index contributed by atoms with van der Waals surface area (Å²) in [4.78, 5) is 16.6. The Balaban J connectivity index is 2.24. The molecule has 1 amide bonds. The molecule has 7 heteroatoms. The maximum absolute atomic E-state index is 14.6. The molecule has 0 aliphatic carbocycles. The number of halogens is 1. The van der Waals surface area contributed by atoms with E-state index in [9.17, 15) is 9.18 Å². The number of nitrogen functional groups attached to an aromatic ring is 1. The van der Waals surface area contributed by atoms with Crippen molar-refractivity contribution in [1.82, 2.24) is 14.7 Å². The first-order valence-corrected chi connectivity index (χ1v) is 7.87. The summed E-state index contributed by atoms with van der Waals surface area (Å²) < 4.78 is 29.2. The number of aromatic nitrogens is 2. The lowest BCUT2D eigenvalue weighted by Crippen LogP contribution is -2.25. The molecule has 0 fully saturated rings. The Kier molecular flexibility index (Phi) is 4.20. The lowest BCUT2D eigenvalue weighted by molar-refractivity contribution is 0.0950. The van der Waals surface area contributed by atoms with Gasteiger partial charge in [0, 0.05) is 18.3 Å². The van der Waals surface area contributed by atoms with E-state index in [0.29, 0.717) is 17.8 Å². The Morgan fingerprint density at radius 2 is 2.28 bits per heavy atom. The summed E-state index contributed by atoms with van der Waals surface area (Å²) in [7, 11) is 1.37. The van der Waals surface area contributed by atoms with Crippen molar-refractivity contribution in [1.29, 1.82) is 0 Å². The number of rotatable bonds is 5. The molecule has 6 nitrogen and oxygen atoms in total. The number of pyridine rings is 1. The number of fused-ring (bicyclic) bond motifs is 1. The number of methoxy groups -OCH3 is 1. The molecule has 3 N–H and O–H groups in total. The minimum absolute atomic E-state index is 0.0475. The third kappa shape index (κ3) is 2.88. The van der Waals surface area contributed by atoms with Crippen LogP contribution in [0.4, 0.5) is 10.2 Å². The van der Waals surface area contributed by atoms with Crippen LogP contribution >= 0.6 is 0 Å². The first-order valence-electron chi connectivity index (χ1n) is 8.37. The highest BCUT2D eigenvalue weighted by molar-refractivity contribution is 5.99. The van der Waals surface area contributed by atoms with Gasteiger partial charge in [-0.2, -0.15) is 0 Å². The van der Waals surface area contributed by atoms with E-state index in [1.54, 1.807) is 18.3 Å². The van der Waals surface area contributed by atoms with Gasteiger partial charge in [0.05, 0.1) is 14.0 Å². The molecule has 2 heterocycles. The first kappa shape index (κ1) is 15.4. The largest absolute Gasteiger partial charge is 0.496 e. The number of anilines is 1. The molecule has 0 aliphatic rings. The van der Waals surface area contributed by atoms with Gasteiger partial charge < -0.3 is 15.8 Å². The van der Waals surface area contributed by atoms with Crippen LogP contribution in [0, 0.1) is 5.82 Å². The number of imidazole rings is 1. The molecule has 0 bridgehead atoms. The van der Waals surface area contributed by atoms with Crippen molar-refractivity contribution in [3.8, 4) is 16.9 Å². The fourth-order valence-corrected chi connectivity index (χ4v) is 2.64. The fourth-order valence-electron chi connectivity index (χ4n) is 2.64.